The summed E-state index contributed by atoms with van der Waals surface area (Å²) in [5.74, 6) is 4.40. The van der Waals surface area contributed by atoms with Crippen LogP contribution in [0.25, 0.3) is 0 Å². The molecule has 8 unspecified atom stereocenters. The summed E-state index contributed by atoms with van der Waals surface area (Å²) in [6.45, 7) is 29.9. The Hall–Kier alpha value is 1.96. The molecule has 0 aromatic rings. The summed E-state index contributed by atoms with van der Waals surface area (Å²) in [5, 5.41) is 0. The van der Waals surface area contributed by atoms with Gasteiger partial charge in [0.2, 0.25) is 0 Å². The van der Waals surface area contributed by atoms with Gasteiger partial charge in [-0.15, -0.1) is 0 Å². The Morgan fingerprint density at radius 1 is 0.305 bits per heavy atom. The quantitative estimate of drug-likeness (QED) is 0.0540. The molecule has 8 atom stereocenters. The van der Waals surface area contributed by atoms with Gasteiger partial charge in [-0.05, 0) is 254 Å². The molecular weight excluding hydrogens is 1240 g/mol. The van der Waals surface area contributed by atoms with Crippen LogP contribution in [0.3, 0.4) is 0 Å². The molecule has 0 bridgehead atoms. The summed E-state index contributed by atoms with van der Waals surface area (Å²) < 4.78 is 103. The van der Waals surface area contributed by atoms with Crippen LogP contribution in [0.4, 0.5) is 0 Å². The second-order valence-corrected chi connectivity index (χ2v) is 59.1. The molecule has 7 rings (SSSR count). The van der Waals surface area contributed by atoms with Crippen LogP contribution in [-0.2, 0) is 68.3 Å². The molecule has 28 heteroatoms. The molecule has 0 spiro atoms. The molecular formula is C54H120O16Si12. The Morgan fingerprint density at radius 2 is 0.573 bits per heavy atom. The minimum Gasteiger partial charge on any atom is -0.420 e. The highest BCUT2D eigenvalue weighted by Gasteiger charge is 2.47. The molecule has 0 aromatic carbocycles. The van der Waals surface area contributed by atoms with Crippen LogP contribution in [0.1, 0.15) is 161 Å². The van der Waals surface area contributed by atoms with Gasteiger partial charge in [-0.1, -0.05) is 38.5 Å². The van der Waals surface area contributed by atoms with E-state index in [0.717, 1.165) is 119 Å². The summed E-state index contributed by atoms with van der Waals surface area (Å²) in [7, 11) is -23.1. The van der Waals surface area contributed by atoms with Gasteiger partial charge >= 0.3 is 34.2 Å². The van der Waals surface area contributed by atoms with Crippen LogP contribution in [0.15, 0.2) is 0 Å². The maximum Gasteiger partial charge on any atom is 0.317 e. The molecule has 82 heavy (non-hydrogen) atoms. The third-order valence-corrected chi connectivity index (χ3v) is 62.7. The van der Waals surface area contributed by atoms with Crippen molar-refractivity contribution < 1.29 is 68.3 Å². The number of unbranched alkanes of at least 4 members (excludes halogenated alkanes) is 1. The van der Waals surface area contributed by atoms with Crippen LogP contribution in [0.5, 0.6) is 0 Å². The van der Waals surface area contributed by atoms with E-state index in [4.69, 9.17) is 68.3 Å². The topological polar surface area (TPSA) is 148 Å². The fourth-order valence-electron chi connectivity index (χ4n) is 15.2. The number of hydrogen-bond acceptors (Lipinski definition) is 16. The maximum absolute atomic E-state index is 7.15. The van der Waals surface area contributed by atoms with Gasteiger partial charge < -0.3 is 68.3 Å². The van der Waals surface area contributed by atoms with E-state index in [9.17, 15) is 0 Å². The summed E-state index contributed by atoms with van der Waals surface area (Å²) in [6.07, 6.45) is 32.5. The Labute approximate surface area is 517 Å². The fraction of sp³-hybridized carbons (Fsp3) is 1.00. The predicted octanol–water partition coefficient (Wildman–Crippen LogP) is 11.4. The highest BCUT2D eigenvalue weighted by molar-refractivity contribution is 6.87. The second kappa shape index (κ2) is 36.3. The van der Waals surface area contributed by atoms with Gasteiger partial charge in [0.25, 0.3) is 74.3 Å². The average molecular weight is 1360 g/mol. The van der Waals surface area contributed by atoms with E-state index in [-0.39, 0.29) is 0 Å². The van der Waals surface area contributed by atoms with Crippen LogP contribution in [-0.4, -0.2) is 160 Å². The normalized spacial score (nSPS) is 42.3. The van der Waals surface area contributed by atoms with Crippen molar-refractivity contribution in [1.29, 1.82) is 0 Å². The van der Waals surface area contributed by atoms with Gasteiger partial charge in [0.1, 0.15) is 0 Å². The zero-order valence-corrected chi connectivity index (χ0v) is 67.0. The van der Waals surface area contributed by atoms with Crippen LogP contribution in [0.2, 0.25) is 103 Å². The molecule has 7 aliphatic rings. The number of rotatable bonds is 28. The van der Waals surface area contributed by atoms with Gasteiger partial charge in [0, 0.05) is 33.0 Å². The standard InChI is InChI=1S/C54H120O16Si12/c1-71-59-73(3)64-79(9,65-74(4)60-71)41-16-38-56-52-30-24-49(25-31-52)45-48-22-20-47(21-23-48)19-13-14-36-55-37-15-43-81(11)68-77(7)63-78(8)69-82(12,70-81)44-18-40-58-54-34-28-51(29-35-54)46-50-26-32-53(33-27-50)57-39-17-42-80(10)66-75(5)61-72(2)62-76(6)67-80/h47-54,71-78H,13-46H2,1-12H3. The van der Waals surface area contributed by atoms with Crippen LogP contribution < -0.4 is 0 Å². The lowest BCUT2D eigenvalue weighted by molar-refractivity contribution is 0.00432. The summed E-state index contributed by atoms with van der Waals surface area (Å²) in [4.78, 5) is 0. The van der Waals surface area contributed by atoms with E-state index in [1.807, 2.05) is 0 Å². The molecule has 480 valence electrons. The van der Waals surface area contributed by atoms with Crippen LogP contribution in [0, 0.1) is 29.6 Å². The van der Waals surface area contributed by atoms with E-state index < -0.39 is 109 Å². The van der Waals surface area contributed by atoms with Crippen molar-refractivity contribution >= 4 is 109 Å². The molecule has 0 aromatic heterocycles. The van der Waals surface area contributed by atoms with Crippen molar-refractivity contribution in [2.45, 2.75) is 282 Å². The first kappa shape index (κ1) is 71.4. The molecule has 3 saturated heterocycles. The Kier molecular flexibility index (Phi) is 31.6. The molecule has 3 aliphatic heterocycles. The van der Waals surface area contributed by atoms with E-state index in [1.54, 1.807) is 0 Å². The smallest absolute Gasteiger partial charge is 0.317 e. The Bertz CT molecular complexity index is 1730. The largest absolute Gasteiger partial charge is 0.420 e. The molecule has 4 aliphatic carbocycles. The maximum atomic E-state index is 7.15. The number of ether oxygens (including phenoxy) is 4. The van der Waals surface area contributed by atoms with Gasteiger partial charge in [-0.2, -0.15) is 0 Å². The molecule has 0 N–H and O–H groups in total. The van der Waals surface area contributed by atoms with Crippen molar-refractivity contribution in [1.82, 2.24) is 0 Å². The minimum atomic E-state index is -2.50. The zero-order valence-electron chi connectivity index (χ0n) is 53.8. The summed E-state index contributed by atoms with van der Waals surface area (Å²) in [5.41, 5.74) is 0. The van der Waals surface area contributed by atoms with Crippen LogP contribution >= 0.6 is 0 Å². The minimum absolute atomic E-state index is 0.382. The lowest BCUT2D eigenvalue weighted by Crippen LogP contribution is -2.59. The van der Waals surface area contributed by atoms with E-state index in [2.05, 4.69) is 78.6 Å². The predicted molar refractivity (Wildman–Crippen MR) is 356 cm³/mol. The first-order chi connectivity index (χ1) is 39.2. The fourth-order valence-corrected chi connectivity index (χ4v) is 62.0. The summed E-state index contributed by atoms with van der Waals surface area (Å²) in [6, 6.07) is 3.77. The molecule has 0 radical (unpaired) electrons. The molecule has 4 saturated carbocycles. The zero-order chi connectivity index (χ0) is 58.6. The highest BCUT2D eigenvalue weighted by Crippen LogP contribution is 2.41. The molecule has 0 amide bonds. The molecule has 7 fully saturated rings. The number of hydrogen-bond donors (Lipinski definition) is 0. The Balaban J connectivity index is 0.674. The van der Waals surface area contributed by atoms with E-state index in [0.29, 0.717) is 18.3 Å². The lowest BCUT2D eigenvalue weighted by Gasteiger charge is -2.43. The first-order valence-corrected chi connectivity index (χ1v) is 60.5. The van der Waals surface area contributed by atoms with Gasteiger partial charge in [-0.3, -0.25) is 0 Å². The highest BCUT2D eigenvalue weighted by atomic mass is 28.5. The summed E-state index contributed by atoms with van der Waals surface area (Å²) >= 11 is 0. The second-order valence-electron chi connectivity index (χ2n) is 27.0. The lowest BCUT2D eigenvalue weighted by atomic mass is 9.74. The van der Waals surface area contributed by atoms with Gasteiger partial charge in [0.05, 0.1) is 18.3 Å². The monoisotopic (exact) mass is 1360 g/mol. The molecule has 3 heterocycles. The molecule has 16 nitrogen and oxygen atoms in total. The van der Waals surface area contributed by atoms with Gasteiger partial charge in [-0.25, -0.2) is 0 Å². The van der Waals surface area contributed by atoms with Gasteiger partial charge in [0.15, 0.2) is 0 Å². The third kappa shape index (κ3) is 26.7. The van der Waals surface area contributed by atoms with E-state index in [1.165, 1.54) is 128 Å². The first-order valence-electron chi connectivity index (χ1n) is 33.7. The average Bonchev–Trinajstić information content (AvgIpc) is 3.49. The Morgan fingerprint density at radius 3 is 0.927 bits per heavy atom. The third-order valence-electron chi connectivity index (χ3n) is 19.0. The van der Waals surface area contributed by atoms with Crippen molar-refractivity contribution in [2.24, 2.45) is 29.6 Å². The van der Waals surface area contributed by atoms with Crippen molar-refractivity contribution in [3.63, 3.8) is 0 Å². The van der Waals surface area contributed by atoms with Crippen molar-refractivity contribution in [3.05, 3.63) is 0 Å². The van der Waals surface area contributed by atoms with Crippen molar-refractivity contribution in [3.8, 4) is 0 Å². The SMILES string of the molecule is C[SiH]1O[SiH](C)O[Si](C)(CCCOC2CCC(CC3CCC(CCCCOCCC[Si]4(C)O[SiH](C)O[SiH](C)O[Si](C)(CCCOC5CCC(CC6CCC(OCCC[Si]7(C)O[SiH](C)O[SiH](C)O[SiH](C)O7)CC6)CC5)O4)CC3)CC2)O[SiH](C)O1. The van der Waals surface area contributed by atoms with Crippen molar-refractivity contribution in [2.75, 3.05) is 33.0 Å². The van der Waals surface area contributed by atoms with E-state index >= 15 is 0 Å².